The van der Waals surface area contributed by atoms with Gasteiger partial charge in [0.05, 0.1) is 6.04 Å². The first kappa shape index (κ1) is 21.3. The van der Waals surface area contributed by atoms with Crippen molar-refractivity contribution in [2.45, 2.75) is 35.1 Å². The van der Waals surface area contributed by atoms with Crippen LogP contribution in [-0.2, 0) is 14.8 Å². The third-order valence-electron chi connectivity index (χ3n) is 5.62. The summed E-state index contributed by atoms with van der Waals surface area (Å²) >= 11 is 1.45. The molecule has 5 nitrogen and oxygen atoms in total. The zero-order valence-corrected chi connectivity index (χ0v) is 17.8. The zero-order valence-electron chi connectivity index (χ0n) is 16.2. The van der Waals surface area contributed by atoms with E-state index in [-0.39, 0.29) is 41.7 Å². The summed E-state index contributed by atoms with van der Waals surface area (Å²) < 4.78 is 54.7. The van der Waals surface area contributed by atoms with E-state index < -0.39 is 15.8 Å². The van der Waals surface area contributed by atoms with Crippen molar-refractivity contribution in [1.82, 2.24) is 9.62 Å². The molecule has 0 bridgehead atoms. The van der Waals surface area contributed by atoms with Crippen LogP contribution in [0.3, 0.4) is 0 Å². The van der Waals surface area contributed by atoms with Crippen molar-refractivity contribution < 1.29 is 22.0 Å². The van der Waals surface area contributed by atoms with Gasteiger partial charge in [0.25, 0.3) is 0 Å². The van der Waals surface area contributed by atoms with Crippen LogP contribution in [0.5, 0.6) is 0 Å². The molecule has 1 fully saturated rings. The summed E-state index contributed by atoms with van der Waals surface area (Å²) in [5, 5.41) is 3.02. The number of halogens is 2. The van der Waals surface area contributed by atoms with Gasteiger partial charge >= 0.3 is 0 Å². The number of carbonyl (C=O) groups excluding carboxylic acids is 1. The molecule has 1 amide bonds. The fourth-order valence-electron chi connectivity index (χ4n) is 3.98. The Labute approximate surface area is 178 Å². The zero-order chi connectivity index (χ0) is 21.3. The second kappa shape index (κ2) is 8.64. The second-order valence-electron chi connectivity index (χ2n) is 7.47. The molecule has 2 aliphatic rings. The first-order valence-corrected chi connectivity index (χ1v) is 12.3. The van der Waals surface area contributed by atoms with Gasteiger partial charge in [-0.2, -0.15) is 4.31 Å². The van der Waals surface area contributed by atoms with Crippen LogP contribution in [0.4, 0.5) is 8.78 Å². The highest BCUT2D eigenvalue weighted by Crippen LogP contribution is 2.38. The van der Waals surface area contributed by atoms with E-state index in [9.17, 15) is 22.0 Å². The van der Waals surface area contributed by atoms with E-state index in [0.29, 0.717) is 24.2 Å². The molecule has 0 unspecified atom stereocenters. The van der Waals surface area contributed by atoms with Crippen LogP contribution < -0.4 is 5.32 Å². The van der Waals surface area contributed by atoms with Gasteiger partial charge in [0, 0.05) is 29.7 Å². The summed E-state index contributed by atoms with van der Waals surface area (Å²) in [5.74, 6) is -0.812. The second-order valence-corrected chi connectivity index (χ2v) is 10.5. The SMILES string of the molecule is O=C(N[C@H]1CCSc2c(F)cccc21)C1CCN(S(=O)(=O)c2ccccc2F)CC1. The average molecular weight is 453 g/mol. The number of fused-ring (bicyclic) bond motifs is 1. The van der Waals surface area contributed by atoms with Crippen molar-refractivity contribution in [3.05, 3.63) is 59.7 Å². The molecular formula is C21H22F2N2O3S2. The number of benzene rings is 2. The molecule has 160 valence electrons. The highest BCUT2D eigenvalue weighted by atomic mass is 32.2. The van der Waals surface area contributed by atoms with Crippen LogP contribution in [0, 0.1) is 17.6 Å². The minimum Gasteiger partial charge on any atom is -0.349 e. The first-order valence-electron chi connectivity index (χ1n) is 9.84. The number of nitrogens with zero attached hydrogens (tertiary/aromatic N) is 1. The third-order valence-corrected chi connectivity index (χ3v) is 8.71. The summed E-state index contributed by atoms with van der Waals surface area (Å²) in [6.07, 6.45) is 1.43. The smallest absolute Gasteiger partial charge is 0.245 e. The van der Waals surface area contributed by atoms with E-state index in [1.165, 1.54) is 40.3 Å². The molecule has 0 saturated carbocycles. The molecule has 9 heteroatoms. The predicted molar refractivity (Wildman–Crippen MR) is 111 cm³/mol. The Morgan fingerprint density at radius 1 is 1.00 bits per heavy atom. The number of thioether (sulfide) groups is 1. The van der Waals surface area contributed by atoms with Gasteiger partial charge in [-0.3, -0.25) is 4.79 Å². The van der Waals surface area contributed by atoms with Crippen LogP contribution >= 0.6 is 11.8 Å². The lowest BCUT2D eigenvalue weighted by molar-refractivity contribution is -0.127. The molecule has 4 rings (SSSR count). The minimum absolute atomic E-state index is 0.148. The molecule has 2 heterocycles. The topological polar surface area (TPSA) is 66.5 Å². The van der Waals surface area contributed by atoms with Gasteiger partial charge in [0.15, 0.2) is 0 Å². The molecule has 1 saturated heterocycles. The van der Waals surface area contributed by atoms with Crippen LogP contribution in [0.2, 0.25) is 0 Å². The number of rotatable bonds is 4. The minimum atomic E-state index is -3.93. The Morgan fingerprint density at radius 3 is 2.43 bits per heavy atom. The molecule has 0 spiro atoms. The number of amides is 1. The number of sulfonamides is 1. The summed E-state index contributed by atoms with van der Waals surface area (Å²) in [7, 11) is -3.93. The van der Waals surface area contributed by atoms with E-state index in [2.05, 4.69) is 5.32 Å². The van der Waals surface area contributed by atoms with E-state index in [1.54, 1.807) is 6.07 Å². The van der Waals surface area contributed by atoms with Crippen LogP contribution in [0.15, 0.2) is 52.3 Å². The Bertz CT molecular complexity index is 1050. The molecule has 2 aromatic rings. The number of carbonyl (C=O) groups is 1. The van der Waals surface area contributed by atoms with Gasteiger partial charge < -0.3 is 5.32 Å². The molecule has 1 atom stereocenters. The highest BCUT2D eigenvalue weighted by Gasteiger charge is 2.34. The van der Waals surface area contributed by atoms with Crippen molar-refractivity contribution in [3.8, 4) is 0 Å². The molecule has 0 aliphatic carbocycles. The maximum Gasteiger partial charge on any atom is 0.245 e. The normalized spacial score (nSPS) is 20.5. The van der Waals surface area contributed by atoms with E-state index in [0.717, 1.165) is 17.4 Å². The van der Waals surface area contributed by atoms with Gasteiger partial charge in [0.1, 0.15) is 16.5 Å². The third kappa shape index (κ3) is 4.10. The van der Waals surface area contributed by atoms with E-state index in [4.69, 9.17) is 0 Å². The van der Waals surface area contributed by atoms with Crippen molar-refractivity contribution in [2.75, 3.05) is 18.8 Å². The summed E-state index contributed by atoms with van der Waals surface area (Å²) in [5.41, 5.74) is 0.791. The lowest BCUT2D eigenvalue weighted by atomic mass is 9.95. The van der Waals surface area contributed by atoms with Crippen molar-refractivity contribution >= 4 is 27.7 Å². The summed E-state index contributed by atoms with van der Waals surface area (Å²) in [6.45, 7) is 0.307. The summed E-state index contributed by atoms with van der Waals surface area (Å²) in [4.78, 5) is 13.0. The van der Waals surface area contributed by atoms with Crippen molar-refractivity contribution in [1.29, 1.82) is 0 Å². The highest BCUT2D eigenvalue weighted by molar-refractivity contribution is 7.99. The maximum absolute atomic E-state index is 14.0. The first-order chi connectivity index (χ1) is 14.4. The molecular weight excluding hydrogens is 430 g/mol. The van der Waals surface area contributed by atoms with Gasteiger partial charge in [-0.15, -0.1) is 11.8 Å². The van der Waals surface area contributed by atoms with Crippen LogP contribution in [-0.4, -0.2) is 37.5 Å². The maximum atomic E-state index is 14.0. The lowest BCUT2D eigenvalue weighted by Crippen LogP contribution is -2.44. The monoisotopic (exact) mass is 452 g/mol. The number of hydrogen-bond donors (Lipinski definition) is 1. The van der Waals surface area contributed by atoms with Crippen LogP contribution in [0.1, 0.15) is 30.9 Å². The van der Waals surface area contributed by atoms with Gasteiger partial charge in [-0.05, 0) is 43.0 Å². The molecule has 1 N–H and O–H groups in total. The molecule has 30 heavy (non-hydrogen) atoms. The number of piperidine rings is 1. The van der Waals surface area contributed by atoms with Crippen molar-refractivity contribution in [2.24, 2.45) is 5.92 Å². The fraction of sp³-hybridized carbons (Fsp3) is 0.381. The quantitative estimate of drug-likeness (QED) is 0.768. The Kier molecular flexibility index (Phi) is 6.13. The fourth-order valence-corrected chi connectivity index (χ4v) is 6.65. The van der Waals surface area contributed by atoms with Gasteiger partial charge in [-0.1, -0.05) is 24.3 Å². The molecule has 2 aromatic carbocycles. The molecule has 2 aliphatic heterocycles. The lowest BCUT2D eigenvalue weighted by Gasteiger charge is -2.32. The number of nitrogens with one attached hydrogen (secondary N) is 1. The van der Waals surface area contributed by atoms with Gasteiger partial charge in [-0.25, -0.2) is 17.2 Å². The molecule has 0 radical (unpaired) electrons. The summed E-state index contributed by atoms with van der Waals surface area (Å²) in [6, 6.07) is 9.95. The van der Waals surface area contributed by atoms with Gasteiger partial charge in [0.2, 0.25) is 15.9 Å². The Morgan fingerprint density at radius 2 is 1.70 bits per heavy atom. The molecule has 0 aromatic heterocycles. The van der Waals surface area contributed by atoms with Crippen molar-refractivity contribution in [3.63, 3.8) is 0 Å². The number of hydrogen-bond acceptors (Lipinski definition) is 4. The Hall–Kier alpha value is -1.97. The average Bonchev–Trinajstić information content (AvgIpc) is 2.75. The van der Waals surface area contributed by atoms with E-state index in [1.807, 2.05) is 6.07 Å². The predicted octanol–water partition coefficient (Wildman–Crippen LogP) is 3.72. The largest absolute Gasteiger partial charge is 0.349 e. The standard InChI is InChI=1S/C21H22F2N2O3S2/c22-16-5-1-2-7-19(16)30(27,28)25-11-8-14(9-12-25)21(26)24-18-10-13-29-20-15(18)4-3-6-17(20)23/h1-7,14,18H,8-13H2,(H,24,26)/t18-/m0/s1. The Balaban J connectivity index is 1.40. The van der Waals surface area contributed by atoms with Crippen LogP contribution in [0.25, 0.3) is 0 Å². The van der Waals surface area contributed by atoms with E-state index >= 15 is 0 Å².